The zero-order valence-corrected chi connectivity index (χ0v) is 9.08. The van der Waals surface area contributed by atoms with Crippen LogP contribution in [0, 0.1) is 5.92 Å². The first kappa shape index (κ1) is 11.6. The van der Waals surface area contributed by atoms with Crippen molar-refractivity contribution in [3.05, 3.63) is 12.2 Å². The molecule has 0 saturated carbocycles. The van der Waals surface area contributed by atoms with E-state index in [0.717, 1.165) is 6.54 Å². The molecule has 0 aromatic carbocycles. The topological polar surface area (TPSA) is 82.7 Å². The summed E-state index contributed by atoms with van der Waals surface area (Å²) in [6.07, 6.45) is 1.42. The molecule has 0 saturated heterocycles. The Morgan fingerprint density at radius 3 is 3.07 bits per heavy atom. The second-order valence-electron chi connectivity index (χ2n) is 3.36. The third kappa shape index (κ3) is 4.07. The summed E-state index contributed by atoms with van der Waals surface area (Å²) in [4.78, 5) is 15.4. The maximum atomic E-state index is 11.5. The summed E-state index contributed by atoms with van der Waals surface area (Å²) in [5, 5.41) is 12.3. The predicted octanol–water partition coefficient (Wildman–Crippen LogP) is -0.333. The summed E-state index contributed by atoms with van der Waals surface area (Å²) < 4.78 is 0. The van der Waals surface area contributed by atoms with E-state index < -0.39 is 0 Å². The van der Waals surface area contributed by atoms with Crippen LogP contribution in [0.2, 0.25) is 0 Å². The van der Waals surface area contributed by atoms with E-state index in [4.69, 9.17) is 0 Å². The molecule has 1 aromatic rings. The number of rotatable bonds is 6. The number of hydrogen-bond donors (Lipinski definition) is 3. The van der Waals surface area contributed by atoms with E-state index in [0.29, 0.717) is 18.9 Å². The average molecular weight is 211 g/mol. The molecule has 84 valence electrons. The van der Waals surface area contributed by atoms with Gasteiger partial charge in [-0.25, -0.2) is 4.98 Å². The smallest absolute Gasteiger partial charge is 0.224 e. The number of nitrogens with zero attached hydrogens (tertiary/aromatic N) is 2. The van der Waals surface area contributed by atoms with Crippen LogP contribution < -0.4 is 10.6 Å². The standard InChI is InChI=1S/C9H17N5O/c1-3-10-4-7(2)9(15)11-5-8-12-6-13-14-8/h6-7,10H,3-5H2,1-2H3,(H,11,15)(H,12,13,14). The minimum atomic E-state index is -0.0344. The van der Waals surface area contributed by atoms with Crippen molar-refractivity contribution in [1.29, 1.82) is 0 Å². The summed E-state index contributed by atoms with van der Waals surface area (Å²) >= 11 is 0. The minimum absolute atomic E-state index is 0.0207. The molecule has 3 N–H and O–H groups in total. The summed E-state index contributed by atoms with van der Waals surface area (Å²) in [5.74, 6) is 0.652. The normalized spacial score (nSPS) is 12.4. The molecule has 0 aliphatic carbocycles. The van der Waals surface area contributed by atoms with Crippen LogP contribution in [-0.2, 0) is 11.3 Å². The Morgan fingerprint density at radius 2 is 2.47 bits per heavy atom. The molecule has 0 fully saturated rings. The fourth-order valence-corrected chi connectivity index (χ4v) is 1.11. The van der Waals surface area contributed by atoms with Crippen molar-refractivity contribution in [1.82, 2.24) is 25.8 Å². The maximum Gasteiger partial charge on any atom is 0.224 e. The van der Waals surface area contributed by atoms with E-state index in [2.05, 4.69) is 25.8 Å². The highest BCUT2D eigenvalue weighted by Crippen LogP contribution is 1.93. The molecule has 1 rings (SSSR count). The van der Waals surface area contributed by atoms with Crippen LogP contribution in [0.3, 0.4) is 0 Å². The van der Waals surface area contributed by atoms with Crippen molar-refractivity contribution in [2.24, 2.45) is 5.92 Å². The number of amides is 1. The molecule has 0 spiro atoms. The Bertz CT molecular complexity index is 285. The van der Waals surface area contributed by atoms with E-state index in [1.165, 1.54) is 6.33 Å². The second-order valence-corrected chi connectivity index (χ2v) is 3.36. The lowest BCUT2D eigenvalue weighted by atomic mass is 10.1. The number of carbonyl (C=O) groups is 1. The van der Waals surface area contributed by atoms with Gasteiger partial charge >= 0.3 is 0 Å². The lowest BCUT2D eigenvalue weighted by Crippen LogP contribution is -2.35. The van der Waals surface area contributed by atoms with Crippen molar-refractivity contribution >= 4 is 5.91 Å². The molecule has 1 atom stereocenters. The van der Waals surface area contributed by atoms with Crippen LogP contribution in [0.15, 0.2) is 6.33 Å². The second kappa shape index (κ2) is 6.13. The molecule has 1 aromatic heterocycles. The first-order valence-electron chi connectivity index (χ1n) is 5.06. The van der Waals surface area contributed by atoms with Crippen LogP contribution >= 0.6 is 0 Å². The Balaban J connectivity index is 2.23. The summed E-state index contributed by atoms with van der Waals surface area (Å²) in [6.45, 7) is 5.87. The van der Waals surface area contributed by atoms with Crippen molar-refractivity contribution in [3.63, 3.8) is 0 Å². The number of H-pyrrole nitrogens is 1. The van der Waals surface area contributed by atoms with Gasteiger partial charge in [0.25, 0.3) is 0 Å². The van der Waals surface area contributed by atoms with Crippen molar-refractivity contribution in [2.75, 3.05) is 13.1 Å². The first-order chi connectivity index (χ1) is 7.24. The van der Waals surface area contributed by atoms with Crippen molar-refractivity contribution < 1.29 is 4.79 Å². The zero-order chi connectivity index (χ0) is 11.1. The van der Waals surface area contributed by atoms with Gasteiger partial charge in [-0.15, -0.1) is 0 Å². The number of nitrogens with one attached hydrogen (secondary N) is 3. The zero-order valence-electron chi connectivity index (χ0n) is 9.08. The van der Waals surface area contributed by atoms with Gasteiger partial charge < -0.3 is 10.6 Å². The Kier molecular flexibility index (Phi) is 4.76. The average Bonchev–Trinajstić information content (AvgIpc) is 2.75. The Hall–Kier alpha value is -1.43. The molecule has 15 heavy (non-hydrogen) atoms. The first-order valence-corrected chi connectivity index (χ1v) is 5.06. The molecular weight excluding hydrogens is 194 g/mol. The quantitative estimate of drug-likeness (QED) is 0.601. The molecule has 1 heterocycles. The molecule has 6 nitrogen and oxygen atoms in total. The highest BCUT2D eigenvalue weighted by molar-refractivity contribution is 5.78. The van der Waals surface area contributed by atoms with Crippen LogP contribution in [-0.4, -0.2) is 34.2 Å². The highest BCUT2D eigenvalue weighted by atomic mass is 16.1. The van der Waals surface area contributed by atoms with Gasteiger partial charge in [0, 0.05) is 12.5 Å². The highest BCUT2D eigenvalue weighted by Gasteiger charge is 2.11. The van der Waals surface area contributed by atoms with Crippen LogP contribution in [0.1, 0.15) is 19.7 Å². The minimum Gasteiger partial charge on any atom is -0.349 e. The van der Waals surface area contributed by atoms with E-state index in [1.54, 1.807) is 0 Å². The largest absolute Gasteiger partial charge is 0.349 e. The van der Waals surface area contributed by atoms with E-state index in [9.17, 15) is 4.79 Å². The Morgan fingerprint density at radius 1 is 1.67 bits per heavy atom. The molecule has 1 amide bonds. The molecule has 0 radical (unpaired) electrons. The number of aromatic amines is 1. The molecule has 0 aliphatic heterocycles. The lowest BCUT2D eigenvalue weighted by molar-refractivity contribution is -0.124. The number of aromatic nitrogens is 3. The van der Waals surface area contributed by atoms with Crippen molar-refractivity contribution in [2.45, 2.75) is 20.4 Å². The van der Waals surface area contributed by atoms with Gasteiger partial charge in [-0.2, -0.15) is 5.10 Å². The van der Waals surface area contributed by atoms with Gasteiger partial charge in [-0.3, -0.25) is 9.89 Å². The van der Waals surface area contributed by atoms with E-state index in [1.807, 2.05) is 13.8 Å². The summed E-state index contributed by atoms with van der Waals surface area (Å²) in [7, 11) is 0. The summed E-state index contributed by atoms with van der Waals surface area (Å²) in [6, 6.07) is 0. The predicted molar refractivity (Wildman–Crippen MR) is 55.9 cm³/mol. The van der Waals surface area contributed by atoms with Gasteiger partial charge in [-0.05, 0) is 6.54 Å². The SMILES string of the molecule is CCNCC(C)C(=O)NCc1ncn[nH]1. The van der Waals surface area contributed by atoms with E-state index in [-0.39, 0.29) is 11.8 Å². The van der Waals surface area contributed by atoms with Gasteiger partial charge in [0.2, 0.25) is 5.91 Å². The van der Waals surface area contributed by atoms with Gasteiger partial charge in [0.1, 0.15) is 12.2 Å². The number of carbonyl (C=O) groups excluding carboxylic acids is 1. The summed E-state index contributed by atoms with van der Waals surface area (Å²) in [5.41, 5.74) is 0. The monoisotopic (exact) mass is 211 g/mol. The lowest BCUT2D eigenvalue weighted by Gasteiger charge is -2.11. The van der Waals surface area contributed by atoms with Crippen LogP contribution in [0.4, 0.5) is 0 Å². The fraction of sp³-hybridized carbons (Fsp3) is 0.667. The van der Waals surface area contributed by atoms with Crippen LogP contribution in [0.25, 0.3) is 0 Å². The van der Waals surface area contributed by atoms with Crippen LogP contribution in [0.5, 0.6) is 0 Å². The molecule has 1 unspecified atom stereocenters. The molecular formula is C9H17N5O. The maximum absolute atomic E-state index is 11.5. The van der Waals surface area contributed by atoms with Gasteiger partial charge in [-0.1, -0.05) is 13.8 Å². The van der Waals surface area contributed by atoms with Gasteiger partial charge in [0.05, 0.1) is 6.54 Å². The fourth-order valence-electron chi connectivity index (χ4n) is 1.11. The third-order valence-corrected chi connectivity index (χ3v) is 2.04. The molecule has 0 aliphatic rings. The van der Waals surface area contributed by atoms with Gasteiger partial charge in [0.15, 0.2) is 0 Å². The van der Waals surface area contributed by atoms with Crippen molar-refractivity contribution in [3.8, 4) is 0 Å². The molecule has 0 bridgehead atoms. The Labute approximate surface area is 88.9 Å². The van der Waals surface area contributed by atoms with E-state index >= 15 is 0 Å². The molecule has 6 heteroatoms. The third-order valence-electron chi connectivity index (χ3n) is 2.04. The number of hydrogen-bond acceptors (Lipinski definition) is 4.